The van der Waals surface area contributed by atoms with Crippen molar-refractivity contribution < 1.29 is 4.42 Å². The van der Waals surface area contributed by atoms with Gasteiger partial charge in [0.1, 0.15) is 12.0 Å². The first kappa shape index (κ1) is 10.4. The summed E-state index contributed by atoms with van der Waals surface area (Å²) in [6.45, 7) is 2.96. The second-order valence-electron chi connectivity index (χ2n) is 4.65. The van der Waals surface area contributed by atoms with Crippen molar-refractivity contribution in [3.8, 4) is 11.3 Å². The summed E-state index contributed by atoms with van der Waals surface area (Å²) in [7, 11) is 0. The third-order valence-corrected chi connectivity index (χ3v) is 3.09. The van der Waals surface area contributed by atoms with Gasteiger partial charge in [0.2, 0.25) is 0 Å². The predicted octanol–water partition coefficient (Wildman–Crippen LogP) is 3.47. The van der Waals surface area contributed by atoms with Gasteiger partial charge < -0.3 is 9.73 Å². The van der Waals surface area contributed by atoms with E-state index in [1.54, 1.807) is 6.26 Å². The monoisotopic (exact) mass is 228 g/mol. The molecule has 0 saturated heterocycles. The molecule has 3 heteroatoms. The molecule has 0 aliphatic heterocycles. The number of nitrogens with one attached hydrogen (secondary N) is 1. The van der Waals surface area contributed by atoms with Gasteiger partial charge >= 0.3 is 0 Å². The number of aryl methyl sites for hydroxylation is 1. The SMILES string of the molecule is Cc1nc(-c2ccc(NCC3CC3)cc2)co1. The van der Waals surface area contributed by atoms with Crippen molar-refractivity contribution in [1.82, 2.24) is 4.98 Å². The van der Waals surface area contributed by atoms with Crippen molar-refractivity contribution >= 4 is 5.69 Å². The second-order valence-corrected chi connectivity index (χ2v) is 4.65. The number of aromatic nitrogens is 1. The van der Waals surface area contributed by atoms with Gasteiger partial charge in [0.15, 0.2) is 5.89 Å². The summed E-state index contributed by atoms with van der Waals surface area (Å²) in [4.78, 5) is 4.31. The minimum absolute atomic E-state index is 0.705. The first-order valence-electron chi connectivity index (χ1n) is 6.08. The van der Waals surface area contributed by atoms with Crippen molar-refractivity contribution in [2.75, 3.05) is 11.9 Å². The van der Waals surface area contributed by atoms with Crippen LogP contribution in [0.5, 0.6) is 0 Å². The summed E-state index contributed by atoms with van der Waals surface area (Å²) in [5.74, 6) is 1.60. The van der Waals surface area contributed by atoms with E-state index in [4.69, 9.17) is 4.42 Å². The molecule has 3 rings (SSSR count). The highest BCUT2D eigenvalue weighted by atomic mass is 16.3. The number of nitrogens with zero attached hydrogens (tertiary/aromatic N) is 1. The maximum Gasteiger partial charge on any atom is 0.191 e. The molecule has 1 aromatic carbocycles. The maximum absolute atomic E-state index is 5.21. The molecule has 88 valence electrons. The number of rotatable bonds is 4. The van der Waals surface area contributed by atoms with Crippen LogP contribution in [0.15, 0.2) is 34.9 Å². The van der Waals surface area contributed by atoms with E-state index in [9.17, 15) is 0 Å². The molecule has 0 radical (unpaired) electrons. The molecule has 0 spiro atoms. The predicted molar refractivity (Wildman–Crippen MR) is 67.9 cm³/mol. The maximum atomic E-state index is 5.21. The van der Waals surface area contributed by atoms with Crippen LogP contribution in [0.2, 0.25) is 0 Å². The average molecular weight is 228 g/mol. The number of benzene rings is 1. The normalized spacial score (nSPS) is 14.9. The van der Waals surface area contributed by atoms with E-state index in [1.165, 1.54) is 18.5 Å². The van der Waals surface area contributed by atoms with E-state index in [0.29, 0.717) is 5.89 Å². The zero-order chi connectivity index (χ0) is 11.7. The molecule has 0 atom stereocenters. The summed E-state index contributed by atoms with van der Waals surface area (Å²) in [6.07, 6.45) is 4.45. The molecule has 1 heterocycles. The summed E-state index contributed by atoms with van der Waals surface area (Å²) >= 11 is 0. The molecule has 17 heavy (non-hydrogen) atoms. The molecule has 1 saturated carbocycles. The van der Waals surface area contributed by atoms with Crippen LogP contribution in [0.25, 0.3) is 11.3 Å². The summed E-state index contributed by atoms with van der Waals surface area (Å²) in [6, 6.07) is 8.35. The van der Waals surface area contributed by atoms with E-state index in [-0.39, 0.29) is 0 Å². The lowest BCUT2D eigenvalue weighted by atomic mass is 10.1. The van der Waals surface area contributed by atoms with Gasteiger partial charge in [-0.1, -0.05) is 12.1 Å². The highest BCUT2D eigenvalue weighted by molar-refractivity contribution is 5.61. The van der Waals surface area contributed by atoms with E-state index < -0.39 is 0 Å². The van der Waals surface area contributed by atoms with Gasteiger partial charge in [-0.3, -0.25) is 0 Å². The standard InChI is InChI=1S/C14H16N2O/c1-10-16-14(9-17-10)12-4-6-13(7-5-12)15-8-11-2-3-11/h4-7,9,11,15H,2-3,8H2,1H3. The smallest absolute Gasteiger partial charge is 0.191 e. The largest absolute Gasteiger partial charge is 0.449 e. The lowest BCUT2D eigenvalue weighted by molar-refractivity contribution is 0.521. The first-order chi connectivity index (χ1) is 8.31. The molecule has 1 aliphatic carbocycles. The molecule has 1 N–H and O–H groups in total. The Morgan fingerprint density at radius 3 is 2.65 bits per heavy atom. The molecule has 0 unspecified atom stereocenters. The van der Waals surface area contributed by atoms with Crippen LogP contribution >= 0.6 is 0 Å². The first-order valence-corrected chi connectivity index (χ1v) is 6.08. The van der Waals surface area contributed by atoms with Gasteiger partial charge in [-0.15, -0.1) is 0 Å². The van der Waals surface area contributed by atoms with Gasteiger partial charge in [-0.25, -0.2) is 4.98 Å². The highest BCUT2D eigenvalue weighted by Gasteiger charge is 2.20. The van der Waals surface area contributed by atoms with Crippen molar-refractivity contribution in [3.05, 3.63) is 36.4 Å². The van der Waals surface area contributed by atoms with Gasteiger partial charge in [0.25, 0.3) is 0 Å². The van der Waals surface area contributed by atoms with Crippen LogP contribution in [0.4, 0.5) is 5.69 Å². The van der Waals surface area contributed by atoms with Crippen LogP contribution in [-0.2, 0) is 0 Å². The minimum Gasteiger partial charge on any atom is -0.449 e. The van der Waals surface area contributed by atoms with Crippen LogP contribution in [0.1, 0.15) is 18.7 Å². The Hall–Kier alpha value is -1.77. The van der Waals surface area contributed by atoms with Crippen molar-refractivity contribution in [1.29, 1.82) is 0 Å². The molecule has 1 fully saturated rings. The Kier molecular flexibility index (Phi) is 2.59. The zero-order valence-electron chi connectivity index (χ0n) is 9.94. The molecule has 2 aromatic rings. The zero-order valence-corrected chi connectivity index (χ0v) is 9.94. The molecular weight excluding hydrogens is 212 g/mol. The fourth-order valence-corrected chi connectivity index (χ4v) is 1.84. The fourth-order valence-electron chi connectivity index (χ4n) is 1.84. The van der Waals surface area contributed by atoms with Crippen molar-refractivity contribution in [2.45, 2.75) is 19.8 Å². The Bertz CT molecular complexity index is 497. The van der Waals surface area contributed by atoms with Crippen LogP contribution < -0.4 is 5.32 Å². The molecule has 0 amide bonds. The second kappa shape index (κ2) is 4.24. The van der Waals surface area contributed by atoms with Gasteiger partial charge in [0.05, 0.1) is 0 Å². The quantitative estimate of drug-likeness (QED) is 0.870. The van der Waals surface area contributed by atoms with E-state index in [0.717, 1.165) is 23.7 Å². The topological polar surface area (TPSA) is 38.1 Å². The highest BCUT2D eigenvalue weighted by Crippen LogP contribution is 2.29. The summed E-state index contributed by atoms with van der Waals surface area (Å²) in [5.41, 5.74) is 3.18. The van der Waals surface area contributed by atoms with Crippen LogP contribution in [0, 0.1) is 12.8 Å². The number of anilines is 1. The van der Waals surface area contributed by atoms with Crippen LogP contribution in [-0.4, -0.2) is 11.5 Å². The van der Waals surface area contributed by atoms with Gasteiger partial charge in [0, 0.05) is 24.7 Å². The van der Waals surface area contributed by atoms with E-state index in [1.807, 2.05) is 6.92 Å². The Labute approximate surface area is 101 Å². The lowest BCUT2D eigenvalue weighted by Gasteiger charge is -2.05. The Balaban J connectivity index is 1.70. The molecule has 3 nitrogen and oxygen atoms in total. The van der Waals surface area contributed by atoms with Crippen molar-refractivity contribution in [2.24, 2.45) is 5.92 Å². The Morgan fingerprint density at radius 2 is 2.06 bits per heavy atom. The molecule has 1 aliphatic rings. The van der Waals surface area contributed by atoms with Gasteiger partial charge in [-0.05, 0) is 30.9 Å². The number of oxazole rings is 1. The summed E-state index contributed by atoms with van der Waals surface area (Å²) < 4.78 is 5.21. The molecular formula is C14H16N2O. The average Bonchev–Trinajstić information content (AvgIpc) is 3.09. The Morgan fingerprint density at radius 1 is 1.29 bits per heavy atom. The molecule has 0 bridgehead atoms. The lowest BCUT2D eigenvalue weighted by Crippen LogP contribution is -2.02. The summed E-state index contributed by atoms with van der Waals surface area (Å²) in [5, 5.41) is 3.45. The van der Waals surface area contributed by atoms with Crippen molar-refractivity contribution in [3.63, 3.8) is 0 Å². The van der Waals surface area contributed by atoms with E-state index in [2.05, 4.69) is 34.6 Å². The number of hydrogen-bond donors (Lipinski definition) is 1. The minimum atomic E-state index is 0.705. The number of hydrogen-bond acceptors (Lipinski definition) is 3. The van der Waals surface area contributed by atoms with Gasteiger partial charge in [-0.2, -0.15) is 0 Å². The van der Waals surface area contributed by atoms with E-state index >= 15 is 0 Å². The third-order valence-electron chi connectivity index (χ3n) is 3.09. The third kappa shape index (κ3) is 2.49. The van der Waals surface area contributed by atoms with Crippen LogP contribution in [0.3, 0.4) is 0 Å². The molecule has 1 aromatic heterocycles. The fraction of sp³-hybridized carbons (Fsp3) is 0.357.